The van der Waals surface area contributed by atoms with Gasteiger partial charge in [-0.1, -0.05) is 32.0 Å². The van der Waals surface area contributed by atoms with Crippen molar-refractivity contribution in [3.63, 3.8) is 0 Å². The van der Waals surface area contributed by atoms with E-state index in [-0.39, 0.29) is 30.9 Å². The highest BCUT2D eigenvalue weighted by Crippen LogP contribution is 2.11. The summed E-state index contributed by atoms with van der Waals surface area (Å²) >= 11 is 0. The van der Waals surface area contributed by atoms with Gasteiger partial charge >= 0.3 is 0 Å². The minimum Gasteiger partial charge on any atom is -0.394 e. The number of primary amides is 1. The third-order valence-electron chi connectivity index (χ3n) is 3.25. The van der Waals surface area contributed by atoms with Crippen LogP contribution in [0.5, 0.6) is 0 Å². The van der Waals surface area contributed by atoms with Crippen LogP contribution in [-0.2, 0) is 11.2 Å². The number of benzene rings is 1. The van der Waals surface area contributed by atoms with E-state index in [1.54, 1.807) is 18.2 Å². The molecule has 0 bridgehead atoms. The van der Waals surface area contributed by atoms with Gasteiger partial charge in [-0.15, -0.1) is 0 Å². The fourth-order valence-electron chi connectivity index (χ4n) is 1.93. The maximum Gasteiger partial charge on any atom is 0.248 e. The highest BCUT2D eigenvalue weighted by Gasteiger charge is 2.15. The molecular formula is C15H22N2O3. The molecule has 5 heteroatoms. The van der Waals surface area contributed by atoms with Gasteiger partial charge in [-0.3, -0.25) is 9.59 Å². The van der Waals surface area contributed by atoms with Crippen LogP contribution in [0.15, 0.2) is 24.3 Å². The van der Waals surface area contributed by atoms with E-state index in [4.69, 9.17) is 5.73 Å². The SMILES string of the molecule is CC(C)[C@H](CO)NC(=O)CCc1ccccc1C(N)=O. The van der Waals surface area contributed by atoms with Crippen molar-refractivity contribution >= 4 is 11.8 Å². The van der Waals surface area contributed by atoms with Crippen molar-refractivity contribution in [1.29, 1.82) is 0 Å². The van der Waals surface area contributed by atoms with Gasteiger partial charge in [0, 0.05) is 12.0 Å². The van der Waals surface area contributed by atoms with Crippen molar-refractivity contribution < 1.29 is 14.7 Å². The third-order valence-corrected chi connectivity index (χ3v) is 3.25. The molecular weight excluding hydrogens is 256 g/mol. The van der Waals surface area contributed by atoms with Crippen molar-refractivity contribution in [3.8, 4) is 0 Å². The predicted molar refractivity (Wildman–Crippen MR) is 77.1 cm³/mol. The summed E-state index contributed by atoms with van der Waals surface area (Å²) < 4.78 is 0. The number of carbonyl (C=O) groups excluding carboxylic acids is 2. The van der Waals surface area contributed by atoms with Gasteiger partial charge in [-0.25, -0.2) is 0 Å². The van der Waals surface area contributed by atoms with Gasteiger partial charge in [-0.2, -0.15) is 0 Å². The maximum absolute atomic E-state index is 11.8. The zero-order chi connectivity index (χ0) is 15.1. The normalized spacial score (nSPS) is 12.2. The summed E-state index contributed by atoms with van der Waals surface area (Å²) in [6.07, 6.45) is 0.703. The first-order chi connectivity index (χ1) is 9.45. The van der Waals surface area contributed by atoms with Crippen LogP contribution < -0.4 is 11.1 Å². The summed E-state index contributed by atoms with van der Waals surface area (Å²) in [7, 11) is 0. The molecule has 1 atom stereocenters. The lowest BCUT2D eigenvalue weighted by atomic mass is 10.0. The number of hydrogen-bond donors (Lipinski definition) is 3. The number of carbonyl (C=O) groups is 2. The van der Waals surface area contributed by atoms with Crippen LogP contribution in [-0.4, -0.2) is 29.6 Å². The minimum atomic E-state index is -0.489. The highest BCUT2D eigenvalue weighted by molar-refractivity contribution is 5.94. The molecule has 0 saturated carbocycles. The first-order valence-corrected chi connectivity index (χ1v) is 6.73. The molecule has 0 saturated heterocycles. The molecule has 0 fully saturated rings. The van der Waals surface area contributed by atoms with Crippen LogP contribution in [0.25, 0.3) is 0 Å². The first kappa shape index (κ1) is 16.2. The Hall–Kier alpha value is -1.88. The third kappa shape index (κ3) is 4.66. The highest BCUT2D eigenvalue weighted by atomic mass is 16.3. The molecule has 0 aromatic heterocycles. The summed E-state index contributed by atoms with van der Waals surface area (Å²) in [5.74, 6) is -0.463. The summed E-state index contributed by atoms with van der Waals surface area (Å²) in [6.45, 7) is 3.79. The quantitative estimate of drug-likeness (QED) is 0.690. The Labute approximate surface area is 119 Å². The Bertz CT molecular complexity index is 472. The molecule has 1 aromatic rings. The molecule has 5 nitrogen and oxygen atoms in total. The standard InChI is InChI=1S/C15H22N2O3/c1-10(2)13(9-18)17-14(19)8-7-11-5-3-4-6-12(11)15(16)20/h3-6,10,13,18H,7-9H2,1-2H3,(H2,16,20)(H,17,19)/t13-/m0/s1. The van der Waals surface area contributed by atoms with Gasteiger partial charge in [0.25, 0.3) is 0 Å². The Morgan fingerprint density at radius 3 is 2.50 bits per heavy atom. The molecule has 20 heavy (non-hydrogen) atoms. The second-order valence-electron chi connectivity index (χ2n) is 5.12. The number of hydrogen-bond acceptors (Lipinski definition) is 3. The molecule has 0 spiro atoms. The van der Waals surface area contributed by atoms with E-state index in [9.17, 15) is 14.7 Å². The summed E-state index contributed by atoms with van der Waals surface area (Å²) in [5, 5.41) is 12.0. The Morgan fingerprint density at radius 2 is 1.95 bits per heavy atom. The van der Waals surface area contributed by atoms with Gasteiger partial charge in [0.15, 0.2) is 0 Å². The molecule has 0 heterocycles. The second kappa shape index (κ2) is 7.65. The zero-order valence-corrected chi connectivity index (χ0v) is 11.9. The number of amides is 2. The topological polar surface area (TPSA) is 92.4 Å². The Kier molecular flexibility index (Phi) is 6.18. The van der Waals surface area contributed by atoms with Gasteiger partial charge in [0.1, 0.15) is 0 Å². The molecule has 0 aliphatic heterocycles. The molecule has 0 radical (unpaired) electrons. The van der Waals surface area contributed by atoms with Crippen molar-refractivity contribution in [1.82, 2.24) is 5.32 Å². The van der Waals surface area contributed by atoms with E-state index in [1.807, 2.05) is 19.9 Å². The number of aliphatic hydroxyl groups is 1. The molecule has 0 aliphatic carbocycles. The van der Waals surface area contributed by atoms with Gasteiger partial charge in [0.2, 0.25) is 11.8 Å². The van der Waals surface area contributed by atoms with E-state index in [0.717, 1.165) is 5.56 Å². The van der Waals surface area contributed by atoms with Crippen LogP contribution in [0.3, 0.4) is 0 Å². The molecule has 1 rings (SSSR count). The second-order valence-corrected chi connectivity index (χ2v) is 5.12. The van der Waals surface area contributed by atoms with Crippen molar-refractivity contribution in [2.75, 3.05) is 6.61 Å². The fraction of sp³-hybridized carbons (Fsp3) is 0.467. The largest absolute Gasteiger partial charge is 0.394 e. The van der Waals surface area contributed by atoms with Crippen LogP contribution in [0.1, 0.15) is 36.2 Å². The van der Waals surface area contributed by atoms with Gasteiger partial charge in [0.05, 0.1) is 12.6 Å². The predicted octanol–water partition coefficient (Wildman–Crippen LogP) is 0.851. The van der Waals surface area contributed by atoms with E-state index < -0.39 is 5.91 Å². The van der Waals surface area contributed by atoms with E-state index in [0.29, 0.717) is 12.0 Å². The average molecular weight is 278 g/mol. The minimum absolute atomic E-state index is 0.0821. The molecule has 0 aliphatic rings. The molecule has 0 unspecified atom stereocenters. The molecule has 1 aromatic carbocycles. The number of nitrogens with two attached hydrogens (primary N) is 1. The molecule has 4 N–H and O–H groups in total. The van der Waals surface area contributed by atoms with Crippen LogP contribution >= 0.6 is 0 Å². The Morgan fingerprint density at radius 1 is 1.30 bits per heavy atom. The summed E-state index contributed by atoms with van der Waals surface area (Å²) in [5.41, 5.74) is 6.50. The van der Waals surface area contributed by atoms with Gasteiger partial charge in [-0.05, 0) is 24.0 Å². The Balaban J connectivity index is 2.59. The lowest BCUT2D eigenvalue weighted by Gasteiger charge is -2.19. The van der Waals surface area contributed by atoms with Crippen LogP contribution in [0, 0.1) is 5.92 Å². The number of nitrogens with one attached hydrogen (secondary N) is 1. The lowest BCUT2D eigenvalue weighted by Crippen LogP contribution is -2.41. The number of rotatable bonds is 7. The van der Waals surface area contributed by atoms with Crippen molar-refractivity contribution in [3.05, 3.63) is 35.4 Å². The summed E-state index contributed by atoms with van der Waals surface area (Å²) in [4.78, 5) is 23.1. The van der Waals surface area contributed by atoms with Crippen LogP contribution in [0.2, 0.25) is 0 Å². The number of aryl methyl sites for hydroxylation is 1. The van der Waals surface area contributed by atoms with Crippen molar-refractivity contribution in [2.45, 2.75) is 32.7 Å². The van der Waals surface area contributed by atoms with E-state index >= 15 is 0 Å². The monoisotopic (exact) mass is 278 g/mol. The average Bonchev–Trinajstić information content (AvgIpc) is 2.42. The first-order valence-electron chi connectivity index (χ1n) is 6.73. The zero-order valence-electron chi connectivity index (χ0n) is 11.9. The smallest absolute Gasteiger partial charge is 0.248 e. The number of aliphatic hydroxyl groups excluding tert-OH is 1. The molecule has 110 valence electrons. The molecule has 2 amide bonds. The fourth-order valence-corrected chi connectivity index (χ4v) is 1.93. The van der Waals surface area contributed by atoms with E-state index in [2.05, 4.69) is 5.32 Å². The summed E-state index contributed by atoms with van der Waals surface area (Å²) in [6, 6.07) is 6.75. The maximum atomic E-state index is 11.8. The van der Waals surface area contributed by atoms with Gasteiger partial charge < -0.3 is 16.2 Å². The van der Waals surface area contributed by atoms with E-state index in [1.165, 1.54) is 0 Å². The van der Waals surface area contributed by atoms with Crippen molar-refractivity contribution in [2.24, 2.45) is 11.7 Å². The lowest BCUT2D eigenvalue weighted by molar-refractivity contribution is -0.122. The van der Waals surface area contributed by atoms with Crippen LogP contribution in [0.4, 0.5) is 0 Å².